The molecule has 0 radical (unpaired) electrons. The normalized spacial score (nSPS) is 12.8. The molecule has 2 nitrogen and oxygen atoms in total. The van der Waals surface area contributed by atoms with Crippen LogP contribution in [0.2, 0.25) is 0 Å². The van der Waals surface area contributed by atoms with Crippen molar-refractivity contribution in [3.63, 3.8) is 0 Å². The predicted molar refractivity (Wildman–Crippen MR) is 85.0 cm³/mol. The second-order valence-electron chi connectivity index (χ2n) is 4.60. The third-order valence-electron chi connectivity index (χ3n) is 3.22. The van der Waals surface area contributed by atoms with E-state index in [1.165, 1.54) is 29.5 Å². The smallest absolute Gasteiger partial charge is 0.128 e. The van der Waals surface area contributed by atoms with Crippen LogP contribution in [0.1, 0.15) is 16.5 Å². The minimum Gasteiger partial charge on any atom is -0.271 e. The van der Waals surface area contributed by atoms with Crippen LogP contribution in [0.15, 0.2) is 46.9 Å². The summed E-state index contributed by atoms with van der Waals surface area (Å²) in [5.74, 6) is 4.98. The van der Waals surface area contributed by atoms with E-state index in [1.54, 1.807) is 18.2 Å². The summed E-state index contributed by atoms with van der Waals surface area (Å²) in [7, 11) is 0. The number of fused-ring (bicyclic) bond motifs is 1. The number of hydrazine groups is 1. The number of hydrogen-bond acceptors (Lipinski definition) is 3. The van der Waals surface area contributed by atoms with Crippen LogP contribution in [0.4, 0.5) is 8.78 Å². The molecule has 3 N–H and O–H groups in total. The van der Waals surface area contributed by atoms with Crippen LogP contribution in [-0.2, 0) is 0 Å². The van der Waals surface area contributed by atoms with Crippen molar-refractivity contribution in [2.45, 2.75) is 6.04 Å². The first kappa shape index (κ1) is 14.6. The van der Waals surface area contributed by atoms with E-state index in [-0.39, 0.29) is 11.6 Å². The summed E-state index contributed by atoms with van der Waals surface area (Å²) in [6, 6.07) is 10.7. The van der Waals surface area contributed by atoms with Gasteiger partial charge >= 0.3 is 0 Å². The first-order valence-corrected chi connectivity index (χ1v) is 7.79. The summed E-state index contributed by atoms with van der Waals surface area (Å²) in [6.07, 6.45) is 0. The maximum Gasteiger partial charge on any atom is 0.128 e. The quantitative estimate of drug-likeness (QED) is 0.527. The highest BCUT2D eigenvalue weighted by molar-refractivity contribution is 9.10. The van der Waals surface area contributed by atoms with Crippen molar-refractivity contribution in [2.75, 3.05) is 0 Å². The largest absolute Gasteiger partial charge is 0.271 e. The van der Waals surface area contributed by atoms with Crippen molar-refractivity contribution >= 4 is 37.4 Å². The number of halogens is 3. The van der Waals surface area contributed by atoms with E-state index >= 15 is 0 Å². The second-order valence-corrected chi connectivity index (χ2v) is 6.63. The summed E-state index contributed by atoms with van der Waals surface area (Å²) in [5.41, 5.74) is 3.08. The maximum absolute atomic E-state index is 14.0. The van der Waals surface area contributed by atoms with E-state index in [9.17, 15) is 8.78 Å². The molecular formula is C15H11BrF2N2S. The highest BCUT2D eigenvalue weighted by Crippen LogP contribution is 2.34. The van der Waals surface area contributed by atoms with Crippen molar-refractivity contribution in [1.82, 2.24) is 5.43 Å². The zero-order chi connectivity index (χ0) is 15.0. The van der Waals surface area contributed by atoms with E-state index in [0.717, 1.165) is 19.4 Å². The molecule has 0 aliphatic rings. The zero-order valence-electron chi connectivity index (χ0n) is 10.7. The van der Waals surface area contributed by atoms with Gasteiger partial charge in [-0.2, -0.15) is 0 Å². The van der Waals surface area contributed by atoms with Crippen LogP contribution in [0.3, 0.4) is 0 Å². The molecule has 0 saturated carbocycles. The maximum atomic E-state index is 14.0. The predicted octanol–water partition coefficient (Wildman–Crippen LogP) is 4.49. The van der Waals surface area contributed by atoms with Gasteiger partial charge in [-0.3, -0.25) is 5.84 Å². The summed E-state index contributed by atoms with van der Waals surface area (Å²) in [4.78, 5) is 0.829. The number of nitrogens with two attached hydrogens (primary N) is 1. The third-order valence-corrected chi connectivity index (χ3v) is 4.88. The fourth-order valence-corrected chi connectivity index (χ4v) is 3.78. The lowest BCUT2D eigenvalue weighted by atomic mass is 10.0. The summed E-state index contributed by atoms with van der Waals surface area (Å²) < 4.78 is 28.9. The van der Waals surface area contributed by atoms with Crippen LogP contribution in [0.25, 0.3) is 10.1 Å². The topological polar surface area (TPSA) is 38.0 Å². The van der Waals surface area contributed by atoms with Crippen molar-refractivity contribution < 1.29 is 8.78 Å². The number of nitrogens with one attached hydrogen (secondary N) is 1. The first-order chi connectivity index (χ1) is 10.1. The monoisotopic (exact) mass is 368 g/mol. The molecule has 0 amide bonds. The highest BCUT2D eigenvalue weighted by atomic mass is 79.9. The van der Waals surface area contributed by atoms with E-state index in [0.29, 0.717) is 5.56 Å². The molecule has 2 aromatic carbocycles. The molecule has 21 heavy (non-hydrogen) atoms. The third kappa shape index (κ3) is 2.85. The van der Waals surface area contributed by atoms with Gasteiger partial charge < -0.3 is 0 Å². The molecule has 6 heteroatoms. The van der Waals surface area contributed by atoms with Crippen molar-refractivity contribution in [2.24, 2.45) is 5.84 Å². The molecule has 1 unspecified atom stereocenters. The van der Waals surface area contributed by atoms with Gasteiger partial charge in [0.15, 0.2) is 0 Å². The molecule has 1 heterocycles. The molecular weight excluding hydrogens is 358 g/mol. The van der Waals surface area contributed by atoms with E-state index in [4.69, 9.17) is 5.84 Å². The Labute approximate surface area is 132 Å². The fourth-order valence-electron chi connectivity index (χ4n) is 2.23. The molecule has 0 spiro atoms. The lowest BCUT2D eigenvalue weighted by Gasteiger charge is -2.15. The Morgan fingerprint density at radius 1 is 1.10 bits per heavy atom. The Balaban J connectivity index is 2.11. The fraction of sp³-hybridized carbons (Fsp3) is 0.0667. The van der Waals surface area contributed by atoms with Gasteiger partial charge in [-0.1, -0.05) is 22.0 Å². The van der Waals surface area contributed by atoms with Crippen molar-refractivity contribution in [3.8, 4) is 0 Å². The number of benzene rings is 2. The average Bonchev–Trinajstić information content (AvgIpc) is 2.86. The lowest BCUT2D eigenvalue weighted by molar-refractivity contribution is 0.564. The Morgan fingerprint density at radius 3 is 2.67 bits per heavy atom. The van der Waals surface area contributed by atoms with Crippen LogP contribution in [0.5, 0.6) is 0 Å². The van der Waals surface area contributed by atoms with Crippen LogP contribution < -0.4 is 11.3 Å². The van der Waals surface area contributed by atoms with Crippen molar-refractivity contribution in [1.29, 1.82) is 0 Å². The standard InChI is InChI=1S/C15H11BrF2N2S/c16-9-2-4-12(18)11(6-9)15(20-19)14-5-8-1-3-10(17)7-13(8)21-14/h1-7,15,20H,19H2. The van der Waals surface area contributed by atoms with Gasteiger partial charge in [0.1, 0.15) is 11.6 Å². The molecule has 0 bridgehead atoms. The summed E-state index contributed by atoms with van der Waals surface area (Å²) in [5, 5.41) is 0.909. The molecule has 1 atom stereocenters. The van der Waals surface area contributed by atoms with Gasteiger partial charge in [0.2, 0.25) is 0 Å². The number of thiophene rings is 1. The summed E-state index contributed by atoms with van der Waals surface area (Å²) >= 11 is 4.72. The van der Waals surface area contributed by atoms with E-state index in [2.05, 4.69) is 21.4 Å². The molecule has 3 aromatic rings. The van der Waals surface area contributed by atoms with Gasteiger partial charge in [0.05, 0.1) is 6.04 Å². The second kappa shape index (κ2) is 5.81. The number of hydrogen-bond donors (Lipinski definition) is 2. The Bertz CT molecular complexity index is 803. The van der Waals surface area contributed by atoms with Gasteiger partial charge in [0.25, 0.3) is 0 Å². The Morgan fingerprint density at radius 2 is 1.90 bits per heavy atom. The summed E-state index contributed by atoms with van der Waals surface area (Å²) in [6.45, 7) is 0. The van der Waals surface area contributed by atoms with Gasteiger partial charge in [-0.25, -0.2) is 14.2 Å². The molecule has 0 aliphatic heterocycles. The molecule has 0 aliphatic carbocycles. The van der Waals surface area contributed by atoms with Crippen LogP contribution in [-0.4, -0.2) is 0 Å². The highest BCUT2D eigenvalue weighted by Gasteiger charge is 2.19. The van der Waals surface area contributed by atoms with Gasteiger partial charge in [-0.15, -0.1) is 11.3 Å². The first-order valence-electron chi connectivity index (χ1n) is 6.18. The van der Waals surface area contributed by atoms with Gasteiger partial charge in [-0.05, 0) is 41.8 Å². The SMILES string of the molecule is NNC(c1cc2ccc(F)cc2s1)c1cc(Br)ccc1F. The molecule has 0 fully saturated rings. The lowest BCUT2D eigenvalue weighted by Crippen LogP contribution is -2.28. The molecule has 0 saturated heterocycles. The Kier molecular flexibility index (Phi) is 4.03. The van der Waals surface area contributed by atoms with Crippen molar-refractivity contribution in [3.05, 3.63) is 69.0 Å². The van der Waals surface area contributed by atoms with Crippen LogP contribution >= 0.6 is 27.3 Å². The number of rotatable bonds is 3. The molecule has 1 aromatic heterocycles. The minimum atomic E-state index is -0.483. The molecule has 108 valence electrons. The van der Waals surface area contributed by atoms with Gasteiger partial charge in [0, 0.05) is 19.6 Å². The Hall–Kier alpha value is -1.34. The van der Waals surface area contributed by atoms with E-state index in [1.807, 2.05) is 6.07 Å². The minimum absolute atomic E-state index is 0.290. The molecule has 3 rings (SSSR count). The zero-order valence-corrected chi connectivity index (χ0v) is 13.1. The van der Waals surface area contributed by atoms with Crippen LogP contribution in [0, 0.1) is 11.6 Å². The van der Waals surface area contributed by atoms with E-state index < -0.39 is 6.04 Å². The average molecular weight is 369 g/mol.